The fourth-order valence-corrected chi connectivity index (χ4v) is 2.86. The molecule has 3 aromatic carbocycles. The molecule has 0 atom stereocenters. The Bertz CT molecular complexity index is 963. The van der Waals surface area contributed by atoms with E-state index in [-0.39, 0.29) is 18.0 Å². The summed E-state index contributed by atoms with van der Waals surface area (Å²) >= 11 is 0. The first-order valence-corrected chi connectivity index (χ1v) is 9.00. The lowest BCUT2D eigenvalue weighted by Crippen LogP contribution is -2.03. The standard InChI is InChI=1S/C25H22O2/c1-18-8-12-21(13-9-18)24(26)16-23(20-6-4-3-5-7-20)17-25(27)22-14-10-19(2)11-15-22/h3-16H,17H2,1-2H3/b23-16+. The van der Waals surface area contributed by atoms with E-state index in [0.717, 1.165) is 22.3 Å². The molecule has 0 fully saturated rings. The van der Waals surface area contributed by atoms with Crippen LogP contribution < -0.4 is 0 Å². The first-order chi connectivity index (χ1) is 13.0. The molecule has 0 saturated carbocycles. The van der Waals surface area contributed by atoms with Crippen molar-refractivity contribution >= 4 is 17.1 Å². The highest BCUT2D eigenvalue weighted by Gasteiger charge is 2.13. The Kier molecular flexibility index (Phi) is 5.77. The van der Waals surface area contributed by atoms with Crippen LogP contribution in [0, 0.1) is 13.8 Å². The normalized spacial score (nSPS) is 11.3. The van der Waals surface area contributed by atoms with E-state index in [2.05, 4.69) is 0 Å². The van der Waals surface area contributed by atoms with Crippen molar-refractivity contribution in [3.63, 3.8) is 0 Å². The van der Waals surface area contributed by atoms with Crippen LogP contribution in [0.3, 0.4) is 0 Å². The van der Waals surface area contributed by atoms with Crippen molar-refractivity contribution in [2.45, 2.75) is 20.3 Å². The fraction of sp³-hybridized carbons (Fsp3) is 0.120. The number of carbonyl (C=O) groups is 2. The van der Waals surface area contributed by atoms with Gasteiger partial charge in [0, 0.05) is 17.5 Å². The van der Waals surface area contributed by atoms with E-state index in [0.29, 0.717) is 11.1 Å². The van der Waals surface area contributed by atoms with Crippen molar-refractivity contribution in [1.82, 2.24) is 0 Å². The summed E-state index contributed by atoms with van der Waals surface area (Å²) in [5.41, 5.74) is 5.11. The molecule has 0 N–H and O–H groups in total. The number of carbonyl (C=O) groups excluding carboxylic acids is 2. The summed E-state index contributed by atoms with van der Waals surface area (Å²) in [6.45, 7) is 3.98. The van der Waals surface area contributed by atoms with Crippen molar-refractivity contribution < 1.29 is 9.59 Å². The second-order valence-electron chi connectivity index (χ2n) is 6.73. The summed E-state index contributed by atoms with van der Waals surface area (Å²) in [5, 5.41) is 0. The van der Waals surface area contributed by atoms with Crippen LogP contribution in [0.1, 0.15) is 43.8 Å². The molecule has 0 bridgehead atoms. The summed E-state index contributed by atoms with van der Waals surface area (Å²) in [7, 11) is 0. The SMILES string of the molecule is Cc1ccc(C(=O)/C=C(\CC(=O)c2ccc(C)cc2)c2ccccc2)cc1. The molecule has 0 unspecified atom stereocenters. The van der Waals surface area contributed by atoms with E-state index >= 15 is 0 Å². The van der Waals surface area contributed by atoms with Gasteiger partial charge in [0.1, 0.15) is 0 Å². The molecule has 0 saturated heterocycles. The number of aryl methyl sites for hydroxylation is 2. The average Bonchev–Trinajstić information content (AvgIpc) is 2.69. The lowest BCUT2D eigenvalue weighted by atomic mass is 9.95. The summed E-state index contributed by atoms with van der Waals surface area (Å²) in [4.78, 5) is 25.5. The van der Waals surface area contributed by atoms with Gasteiger partial charge in [-0.25, -0.2) is 0 Å². The van der Waals surface area contributed by atoms with Crippen LogP contribution in [0.4, 0.5) is 0 Å². The minimum atomic E-state index is -0.0921. The molecular formula is C25H22O2. The summed E-state index contributed by atoms with van der Waals surface area (Å²) < 4.78 is 0. The van der Waals surface area contributed by atoms with Gasteiger partial charge in [0.05, 0.1) is 0 Å². The van der Waals surface area contributed by atoms with Crippen molar-refractivity contribution in [3.05, 3.63) is 113 Å². The molecule has 134 valence electrons. The lowest BCUT2D eigenvalue weighted by Gasteiger charge is -2.08. The van der Waals surface area contributed by atoms with Gasteiger partial charge in [-0.15, -0.1) is 0 Å². The summed E-state index contributed by atoms with van der Waals surface area (Å²) in [6, 6.07) is 24.6. The molecule has 0 radical (unpaired) electrons. The third-order valence-electron chi connectivity index (χ3n) is 4.51. The van der Waals surface area contributed by atoms with E-state index in [4.69, 9.17) is 0 Å². The quantitative estimate of drug-likeness (QED) is 0.411. The molecule has 0 spiro atoms. The predicted molar refractivity (Wildman–Crippen MR) is 110 cm³/mol. The number of rotatable bonds is 6. The van der Waals surface area contributed by atoms with Gasteiger partial charge in [0.25, 0.3) is 0 Å². The van der Waals surface area contributed by atoms with Crippen LogP contribution in [-0.4, -0.2) is 11.6 Å². The number of ketones is 2. The summed E-state index contributed by atoms with van der Waals surface area (Å²) in [5.74, 6) is -0.0904. The number of hydrogen-bond acceptors (Lipinski definition) is 2. The molecule has 0 aliphatic rings. The maximum atomic E-state index is 12.8. The van der Waals surface area contributed by atoms with Gasteiger partial charge < -0.3 is 0 Å². The van der Waals surface area contributed by atoms with Crippen LogP contribution in [0.25, 0.3) is 5.57 Å². The van der Waals surface area contributed by atoms with Crippen LogP contribution in [0.2, 0.25) is 0 Å². The zero-order chi connectivity index (χ0) is 19.2. The molecule has 0 aromatic heterocycles. The zero-order valence-electron chi connectivity index (χ0n) is 15.6. The Balaban J connectivity index is 1.91. The lowest BCUT2D eigenvalue weighted by molar-refractivity contribution is 0.0998. The van der Waals surface area contributed by atoms with Crippen molar-refractivity contribution in [2.75, 3.05) is 0 Å². The Morgan fingerprint density at radius 2 is 1.19 bits per heavy atom. The second kappa shape index (κ2) is 8.41. The van der Waals surface area contributed by atoms with Crippen molar-refractivity contribution in [1.29, 1.82) is 0 Å². The van der Waals surface area contributed by atoms with Gasteiger partial charge in [-0.2, -0.15) is 0 Å². The van der Waals surface area contributed by atoms with Gasteiger partial charge >= 0.3 is 0 Å². The van der Waals surface area contributed by atoms with Crippen LogP contribution in [0.5, 0.6) is 0 Å². The Morgan fingerprint density at radius 1 is 0.667 bits per heavy atom. The van der Waals surface area contributed by atoms with Crippen molar-refractivity contribution in [2.24, 2.45) is 0 Å². The van der Waals surface area contributed by atoms with Gasteiger partial charge in [-0.05, 0) is 31.1 Å². The molecule has 0 amide bonds. The predicted octanol–water partition coefficient (Wildman–Crippen LogP) is 5.84. The molecule has 0 heterocycles. The first kappa shape index (κ1) is 18.5. The van der Waals surface area contributed by atoms with Gasteiger partial charge in [0.2, 0.25) is 0 Å². The second-order valence-corrected chi connectivity index (χ2v) is 6.73. The third-order valence-corrected chi connectivity index (χ3v) is 4.51. The highest BCUT2D eigenvalue weighted by atomic mass is 16.1. The molecule has 0 aliphatic carbocycles. The molecule has 3 aromatic rings. The third kappa shape index (κ3) is 4.89. The van der Waals surface area contributed by atoms with E-state index in [9.17, 15) is 9.59 Å². The molecule has 2 nitrogen and oxygen atoms in total. The van der Waals surface area contributed by atoms with Crippen LogP contribution >= 0.6 is 0 Å². The molecule has 2 heteroatoms. The van der Waals surface area contributed by atoms with Crippen LogP contribution in [0.15, 0.2) is 84.9 Å². The van der Waals surface area contributed by atoms with E-state index in [1.807, 2.05) is 92.7 Å². The highest BCUT2D eigenvalue weighted by Crippen LogP contribution is 2.22. The fourth-order valence-electron chi connectivity index (χ4n) is 2.86. The smallest absolute Gasteiger partial charge is 0.186 e. The van der Waals surface area contributed by atoms with Gasteiger partial charge in [0.15, 0.2) is 11.6 Å². The number of benzene rings is 3. The number of allylic oxidation sites excluding steroid dienone is 2. The Morgan fingerprint density at radius 3 is 1.74 bits per heavy atom. The Labute approximate surface area is 160 Å². The monoisotopic (exact) mass is 354 g/mol. The number of hydrogen-bond donors (Lipinski definition) is 0. The summed E-state index contributed by atoms with van der Waals surface area (Å²) in [6.07, 6.45) is 1.77. The maximum absolute atomic E-state index is 12.8. The zero-order valence-corrected chi connectivity index (χ0v) is 15.6. The first-order valence-electron chi connectivity index (χ1n) is 9.00. The van der Waals surface area contributed by atoms with E-state index in [1.54, 1.807) is 6.08 Å². The average molecular weight is 354 g/mol. The topological polar surface area (TPSA) is 34.1 Å². The molecule has 0 aliphatic heterocycles. The maximum Gasteiger partial charge on any atom is 0.186 e. The van der Waals surface area contributed by atoms with E-state index in [1.165, 1.54) is 0 Å². The van der Waals surface area contributed by atoms with E-state index < -0.39 is 0 Å². The number of Topliss-reactive ketones (excluding diaryl/α,β-unsaturated/α-hetero) is 1. The Hall–Kier alpha value is -3.26. The highest BCUT2D eigenvalue weighted by molar-refractivity contribution is 6.11. The van der Waals surface area contributed by atoms with Gasteiger partial charge in [-0.3, -0.25) is 9.59 Å². The minimum Gasteiger partial charge on any atom is -0.294 e. The van der Waals surface area contributed by atoms with Crippen LogP contribution in [-0.2, 0) is 0 Å². The van der Waals surface area contributed by atoms with Gasteiger partial charge in [-0.1, -0.05) is 90.0 Å². The molecular weight excluding hydrogens is 332 g/mol. The minimum absolute atomic E-state index is 0.00168. The van der Waals surface area contributed by atoms with Crippen molar-refractivity contribution in [3.8, 4) is 0 Å². The largest absolute Gasteiger partial charge is 0.294 e. The molecule has 27 heavy (non-hydrogen) atoms. The molecule has 3 rings (SSSR count).